The lowest BCUT2D eigenvalue weighted by Gasteiger charge is -2.30. The lowest BCUT2D eigenvalue weighted by Crippen LogP contribution is -2.41. The molecule has 1 aliphatic heterocycles. The van der Waals surface area contributed by atoms with Gasteiger partial charge in [-0.05, 0) is 23.6 Å². The summed E-state index contributed by atoms with van der Waals surface area (Å²) in [4.78, 5) is 16.9. The summed E-state index contributed by atoms with van der Waals surface area (Å²) >= 11 is 9.36. The summed E-state index contributed by atoms with van der Waals surface area (Å²) in [6.45, 7) is 0.583. The fourth-order valence-electron chi connectivity index (χ4n) is 2.73. The highest BCUT2D eigenvalue weighted by Crippen LogP contribution is 2.25. The summed E-state index contributed by atoms with van der Waals surface area (Å²) in [6.07, 6.45) is 3.96. The normalized spacial score (nSPS) is 13.7. The fourth-order valence-corrected chi connectivity index (χ4v) is 3.22. The maximum atomic E-state index is 12.7. The van der Waals surface area contributed by atoms with Gasteiger partial charge in [-0.15, -0.1) is 0 Å². The van der Waals surface area contributed by atoms with Crippen LogP contribution >= 0.6 is 27.5 Å². The van der Waals surface area contributed by atoms with E-state index in [2.05, 4.69) is 37.5 Å². The number of fused-ring (bicyclic) bond motifs is 2. The SMILES string of the molecule is O=C(c1cc2ncc(Cl)cn2n1)N1CCc2cc(CBr)ccc2N1. The molecule has 0 spiro atoms. The van der Waals surface area contributed by atoms with Crippen LogP contribution in [0, 0.1) is 0 Å². The van der Waals surface area contributed by atoms with Crippen molar-refractivity contribution in [1.82, 2.24) is 19.6 Å². The van der Waals surface area contributed by atoms with E-state index in [4.69, 9.17) is 11.6 Å². The zero-order valence-electron chi connectivity index (χ0n) is 12.5. The Labute approximate surface area is 151 Å². The van der Waals surface area contributed by atoms with Crippen LogP contribution in [0.2, 0.25) is 5.02 Å². The van der Waals surface area contributed by atoms with E-state index in [-0.39, 0.29) is 5.91 Å². The number of amides is 1. The monoisotopic (exact) mass is 405 g/mol. The molecule has 3 aromatic rings. The topological polar surface area (TPSA) is 62.5 Å². The Morgan fingerprint density at radius 2 is 2.25 bits per heavy atom. The van der Waals surface area contributed by atoms with Crippen molar-refractivity contribution in [1.29, 1.82) is 0 Å². The second kappa shape index (κ2) is 6.07. The van der Waals surface area contributed by atoms with E-state index in [1.807, 2.05) is 12.1 Å². The molecule has 2 aromatic heterocycles. The molecule has 122 valence electrons. The predicted octanol–water partition coefficient (Wildman–Crippen LogP) is 3.30. The number of rotatable bonds is 2. The van der Waals surface area contributed by atoms with Crippen molar-refractivity contribution in [2.45, 2.75) is 11.8 Å². The molecular weight excluding hydrogens is 394 g/mol. The van der Waals surface area contributed by atoms with Gasteiger partial charge < -0.3 is 0 Å². The number of nitrogens with zero attached hydrogens (tertiary/aromatic N) is 4. The summed E-state index contributed by atoms with van der Waals surface area (Å²) in [5, 5.41) is 7.14. The molecule has 0 aliphatic carbocycles. The van der Waals surface area contributed by atoms with Gasteiger partial charge in [0.15, 0.2) is 11.3 Å². The first kappa shape index (κ1) is 15.4. The molecule has 0 bridgehead atoms. The molecule has 1 aromatic carbocycles. The smallest absolute Gasteiger partial charge is 0.292 e. The Morgan fingerprint density at radius 3 is 3.08 bits per heavy atom. The van der Waals surface area contributed by atoms with Crippen molar-refractivity contribution >= 4 is 44.8 Å². The highest BCUT2D eigenvalue weighted by atomic mass is 79.9. The standard InChI is InChI=1S/C16H13BrClN5O/c17-7-10-1-2-13-11(5-10)3-4-22(20-13)16(24)14-6-15-19-8-12(18)9-23(15)21-14/h1-2,5-6,8-9,20H,3-4,7H2. The van der Waals surface area contributed by atoms with Crippen LogP contribution in [0.5, 0.6) is 0 Å². The molecule has 0 atom stereocenters. The van der Waals surface area contributed by atoms with Crippen molar-refractivity contribution in [3.63, 3.8) is 0 Å². The van der Waals surface area contributed by atoms with Crippen molar-refractivity contribution in [3.8, 4) is 0 Å². The van der Waals surface area contributed by atoms with Crippen molar-refractivity contribution in [2.75, 3.05) is 12.0 Å². The number of hydrogen-bond acceptors (Lipinski definition) is 4. The Balaban J connectivity index is 1.60. The van der Waals surface area contributed by atoms with Gasteiger partial charge in [-0.3, -0.25) is 15.2 Å². The number of alkyl halides is 1. The minimum atomic E-state index is -0.188. The Morgan fingerprint density at radius 1 is 1.38 bits per heavy atom. The minimum absolute atomic E-state index is 0.188. The van der Waals surface area contributed by atoms with Gasteiger partial charge in [0.2, 0.25) is 0 Å². The first-order chi connectivity index (χ1) is 11.6. The first-order valence-electron chi connectivity index (χ1n) is 7.41. The van der Waals surface area contributed by atoms with Gasteiger partial charge >= 0.3 is 0 Å². The van der Waals surface area contributed by atoms with E-state index in [1.54, 1.807) is 17.3 Å². The second-order valence-electron chi connectivity index (χ2n) is 5.55. The van der Waals surface area contributed by atoms with E-state index in [0.717, 1.165) is 17.4 Å². The summed E-state index contributed by atoms with van der Waals surface area (Å²) in [7, 11) is 0. The minimum Gasteiger partial charge on any atom is -0.295 e. The molecule has 1 N–H and O–H groups in total. The van der Waals surface area contributed by atoms with Crippen molar-refractivity contribution < 1.29 is 4.79 Å². The van der Waals surface area contributed by atoms with Crippen LogP contribution < -0.4 is 5.43 Å². The molecule has 6 nitrogen and oxygen atoms in total. The molecule has 0 fully saturated rings. The lowest BCUT2D eigenvalue weighted by molar-refractivity contribution is 0.0783. The molecule has 0 unspecified atom stereocenters. The average molecular weight is 407 g/mol. The molecule has 24 heavy (non-hydrogen) atoms. The number of aromatic nitrogens is 3. The van der Waals surface area contributed by atoms with Crippen LogP contribution in [0.25, 0.3) is 5.65 Å². The third-order valence-electron chi connectivity index (χ3n) is 3.93. The van der Waals surface area contributed by atoms with Gasteiger partial charge in [0.1, 0.15) is 0 Å². The van der Waals surface area contributed by atoms with E-state index in [9.17, 15) is 4.79 Å². The van der Waals surface area contributed by atoms with Gasteiger partial charge in [-0.25, -0.2) is 9.50 Å². The molecule has 8 heteroatoms. The zero-order chi connectivity index (χ0) is 16.7. The van der Waals surface area contributed by atoms with Crippen molar-refractivity contribution in [3.05, 3.63) is 58.5 Å². The van der Waals surface area contributed by atoms with Crippen LogP contribution in [-0.4, -0.2) is 32.1 Å². The van der Waals surface area contributed by atoms with Crippen LogP contribution in [0.3, 0.4) is 0 Å². The summed E-state index contributed by atoms with van der Waals surface area (Å²) < 4.78 is 1.51. The van der Waals surface area contributed by atoms with Crippen LogP contribution in [0.1, 0.15) is 21.6 Å². The highest BCUT2D eigenvalue weighted by Gasteiger charge is 2.24. The maximum Gasteiger partial charge on any atom is 0.292 e. The van der Waals surface area contributed by atoms with Gasteiger partial charge in [-0.1, -0.05) is 39.7 Å². The van der Waals surface area contributed by atoms with Gasteiger partial charge in [0.25, 0.3) is 5.91 Å². The van der Waals surface area contributed by atoms with Gasteiger partial charge in [-0.2, -0.15) is 5.10 Å². The van der Waals surface area contributed by atoms with Gasteiger partial charge in [0.05, 0.1) is 16.9 Å². The van der Waals surface area contributed by atoms with E-state index >= 15 is 0 Å². The third-order valence-corrected chi connectivity index (χ3v) is 4.77. The van der Waals surface area contributed by atoms with Crippen LogP contribution in [0.15, 0.2) is 36.7 Å². The van der Waals surface area contributed by atoms with E-state index in [1.165, 1.54) is 21.8 Å². The number of anilines is 1. The Bertz CT molecular complexity index is 941. The average Bonchev–Trinajstić information content (AvgIpc) is 3.03. The molecule has 0 saturated carbocycles. The Kier molecular flexibility index (Phi) is 3.90. The number of hydrogen-bond donors (Lipinski definition) is 1. The summed E-state index contributed by atoms with van der Waals surface area (Å²) in [6, 6.07) is 7.83. The van der Waals surface area contributed by atoms with Crippen LogP contribution in [-0.2, 0) is 11.8 Å². The summed E-state index contributed by atoms with van der Waals surface area (Å²) in [5.41, 5.74) is 7.47. The third kappa shape index (κ3) is 2.74. The molecule has 0 radical (unpaired) electrons. The number of hydrazine groups is 1. The number of carbonyl (C=O) groups excluding carboxylic acids is 1. The fraction of sp³-hybridized carbons (Fsp3) is 0.188. The molecule has 0 saturated heterocycles. The summed E-state index contributed by atoms with van der Waals surface area (Å²) in [5.74, 6) is -0.188. The van der Waals surface area contributed by atoms with E-state index in [0.29, 0.717) is 22.9 Å². The zero-order valence-corrected chi connectivity index (χ0v) is 14.9. The Hall–Kier alpha value is -2.12. The molecule has 1 amide bonds. The van der Waals surface area contributed by atoms with Crippen molar-refractivity contribution in [2.24, 2.45) is 0 Å². The number of nitrogens with one attached hydrogen (secondary N) is 1. The predicted molar refractivity (Wildman–Crippen MR) is 95.4 cm³/mol. The number of halogens is 2. The molecule has 3 heterocycles. The largest absolute Gasteiger partial charge is 0.295 e. The second-order valence-corrected chi connectivity index (χ2v) is 6.55. The quantitative estimate of drug-likeness (QED) is 0.663. The highest BCUT2D eigenvalue weighted by molar-refractivity contribution is 9.08. The number of benzene rings is 1. The maximum absolute atomic E-state index is 12.7. The lowest BCUT2D eigenvalue weighted by atomic mass is 10.0. The molecule has 1 aliphatic rings. The first-order valence-corrected chi connectivity index (χ1v) is 8.91. The van der Waals surface area contributed by atoms with E-state index < -0.39 is 0 Å². The van der Waals surface area contributed by atoms with Gasteiger partial charge in [0, 0.05) is 24.1 Å². The van der Waals surface area contributed by atoms with Crippen LogP contribution in [0.4, 0.5) is 5.69 Å². The number of carbonyl (C=O) groups is 1. The molecular formula is C16H13BrClN5O. The molecule has 4 rings (SSSR count).